The predicted octanol–water partition coefficient (Wildman–Crippen LogP) is 2.74. The topological polar surface area (TPSA) is 83.4 Å². The minimum absolute atomic E-state index is 0.00334. The van der Waals surface area contributed by atoms with Gasteiger partial charge in [-0.2, -0.15) is 18.3 Å². The van der Waals surface area contributed by atoms with Gasteiger partial charge in [0.1, 0.15) is 5.69 Å². The van der Waals surface area contributed by atoms with Gasteiger partial charge in [-0.3, -0.25) is 14.6 Å². The fourth-order valence-electron chi connectivity index (χ4n) is 1.75. The van der Waals surface area contributed by atoms with Crippen molar-refractivity contribution in [3.05, 3.63) is 59.9 Å². The zero-order chi connectivity index (χ0) is 18.4. The molecule has 0 fully saturated rings. The number of halogens is 3. The summed E-state index contributed by atoms with van der Waals surface area (Å²) in [4.78, 5) is 26.5. The number of amides is 2. The van der Waals surface area contributed by atoms with Gasteiger partial charge in [0.05, 0.1) is 5.71 Å². The van der Waals surface area contributed by atoms with Crippen LogP contribution in [0.4, 0.5) is 18.9 Å². The molecule has 0 saturated heterocycles. The van der Waals surface area contributed by atoms with Crippen molar-refractivity contribution >= 4 is 23.2 Å². The lowest BCUT2D eigenvalue weighted by molar-refractivity contribution is -0.167. The van der Waals surface area contributed by atoms with Gasteiger partial charge in [-0.25, -0.2) is 5.43 Å². The molecule has 0 bridgehead atoms. The maximum absolute atomic E-state index is 12.2. The number of benzene rings is 1. The minimum Gasteiger partial charge on any atom is -0.318 e. The highest BCUT2D eigenvalue weighted by Gasteiger charge is 2.38. The number of hydrogen-bond acceptors (Lipinski definition) is 4. The van der Waals surface area contributed by atoms with E-state index in [0.29, 0.717) is 11.3 Å². The summed E-state index contributed by atoms with van der Waals surface area (Å²) in [5.41, 5.74) is 3.52. The number of alkyl halides is 3. The van der Waals surface area contributed by atoms with E-state index in [1.54, 1.807) is 24.4 Å². The third-order valence-corrected chi connectivity index (χ3v) is 3.04. The summed E-state index contributed by atoms with van der Waals surface area (Å²) < 4.78 is 36.5. The number of hydrazone groups is 1. The molecule has 9 heteroatoms. The Morgan fingerprint density at radius 2 is 1.76 bits per heavy atom. The Morgan fingerprint density at radius 1 is 1.08 bits per heavy atom. The normalized spacial score (nSPS) is 11.8. The Bertz CT molecular complexity index is 787. The van der Waals surface area contributed by atoms with Gasteiger partial charge >= 0.3 is 12.1 Å². The summed E-state index contributed by atoms with van der Waals surface area (Å²) in [7, 11) is 0. The molecular formula is C16H13F3N4O2. The molecule has 0 spiro atoms. The van der Waals surface area contributed by atoms with Gasteiger partial charge < -0.3 is 5.32 Å². The first-order chi connectivity index (χ1) is 11.8. The number of aromatic nitrogens is 1. The lowest BCUT2D eigenvalue weighted by Crippen LogP contribution is -2.29. The Kier molecular flexibility index (Phi) is 5.48. The lowest BCUT2D eigenvalue weighted by Gasteiger charge is -2.08. The Labute approximate surface area is 140 Å². The van der Waals surface area contributed by atoms with E-state index in [2.05, 4.69) is 15.5 Å². The minimum atomic E-state index is -4.95. The van der Waals surface area contributed by atoms with Crippen LogP contribution in [-0.4, -0.2) is 28.7 Å². The van der Waals surface area contributed by atoms with Gasteiger partial charge in [0.2, 0.25) is 0 Å². The van der Waals surface area contributed by atoms with Crippen LogP contribution in [0.2, 0.25) is 0 Å². The molecule has 0 saturated carbocycles. The molecule has 1 aromatic heterocycles. The van der Waals surface area contributed by atoms with E-state index in [-0.39, 0.29) is 11.4 Å². The summed E-state index contributed by atoms with van der Waals surface area (Å²) >= 11 is 0. The Morgan fingerprint density at radius 3 is 2.32 bits per heavy atom. The maximum Gasteiger partial charge on any atom is 0.471 e. The molecule has 2 aromatic rings. The van der Waals surface area contributed by atoms with Crippen molar-refractivity contribution in [2.75, 3.05) is 5.32 Å². The predicted molar refractivity (Wildman–Crippen MR) is 85.0 cm³/mol. The molecule has 130 valence electrons. The van der Waals surface area contributed by atoms with Crippen molar-refractivity contribution in [1.82, 2.24) is 10.4 Å². The fraction of sp³-hybridized carbons (Fsp3) is 0.125. The fourth-order valence-corrected chi connectivity index (χ4v) is 1.75. The molecule has 0 atom stereocenters. The second-order valence-electron chi connectivity index (χ2n) is 4.88. The van der Waals surface area contributed by atoms with Gasteiger partial charge in [0, 0.05) is 11.9 Å². The first kappa shape index (κ1) is 18.1. The molecule has 0 aliphatic heterocycles. The molecule has 25 heavy (non-hydrogen) atoms. The molecule has 0 unspecified atom stereocenters. The van der Waals surface area contributed by atoms with Crippen LogP contribution < -0.4 is 10.7 Å². The van der Waals surface area contributed by atoms with E-state index in [4.69, 9.17) is 0 Å². The van der Waals surface area contributed by atoms with E-state index in [1.807, 2.05) is 0 Å². The third-order valence-electron chi connectivity index (χ3n) is 3.04. The van der Waals surface area contributed by atoms with Crippen LogP contribution in [0, 0.1) is 0 Å². The standard InChI is InChI=1S/C16H13F3N4O2/c1-10(22-23-14(24)13-4-2-3-9-20-13)11-5-7-12(8-6-11)21-15(25)16(17,18)19/h2-9H,1H3,(H,21,25)(H,23,24). The second kappa shape index (κ2) is 7.56. The summed E-state index contributed by atoms with van der Waals surface area (Å²) in [5, 5.41) is 5.65. The highest BCUT2D eigenvalue weighted by molar-refractivity contribution is 6.01. The van der Waals surface area contributed by atoms with Gasteiger partial charge in [0.15, 0.2) is 0 Å². The third kappa shape index (κ3) is 5.13. The van der Waals surface area contributed by atoms with Gasteiger partial charge in [-0.1, -0.05) is 18.2 Å². The van der Waals surface area contributed by atoms with E-state index < -0.39 is 18.0 Å². The van der Waals surface area contributed by atoms with Crippen LogP contribution in [0.25, 0.3) is 0 Å². The molecule has 6 nitrogen and oxygen atoms in total. The van der Waals surface area contributed by atoms with Crippen LogP contribution >= 0.6 is 0 Å². The second-order valence-corrected chi connectivity index (χ2v) is 4.88. The smallest absolute Gasteiger partial charge is 0.318 e. The van der Waals surface area contributed by atoms with Crippen LogP contribution in [0.1, 0.15) is 23.0 Å². The molecule has 2 rings (SSSR count). The number of nitrogens with one attached hydrogen (secondary N) is 2. The van der Waals surface area contributed by atoms with Crippen LogP contribution in [0.3, 0.4) is 0 Å². The average molecular weight is 350 g/mol. The van der Waals surface area contributed by atoms with Crippen molar-refractivity contribution in [2.24, 2.45) is 5.10 Å². The van der Waals surface area contributed by atoms with Crippen molar-refractivity contribution in [2.45, 2.75) is 13.1 Å². The highest BCUT2D eigenvalue weighted by atomic mass is 19.4. The van der Waals surface area contributed by atoms with Crippen LogP contribution in [0.5, 0.6) is 0 Å². The summed E-state index contributed by atoms with van der Waals surface area (Å²) in [6, 6.07) is 10.4. The molecule has 0 radical (unpaired) electrons. The SMILES string of the molecule is CC(=NNC(=O)c1ccccn1)c1ccc(NC(=O)C(F)(F)F)cc1. The largest absolute Gasteiger partial charge is 0.471 e. The molecule has 2 N–H and O–H groups in total. The van der Waals surface area contributed by atoms with Crippen molar-refractivity contribution in [3.63, 3.8) is 0 Å². The van der Waals surface area contributed by atoms with E-state index >= 15 is 0 Å². The van der Waals surface area contributed by atoms with Crippen LogP contribution in [-0.2, 0) is 4.79 Å². The number of carbonyl (C=O) groups is 2. The number of carbonyl (C=O) groups excluding carboxylic acids is 2. The van der Waals surface area contributed by atoms with Crippen molar-refractivity contribution in [3.8, 4) is 0 Å². The van der Waals surface area contributed by atoms with Gasteiger partial charge in [-0.05, 0) is 36.8 Å². The molecule has 1 heterocycles. The summed E-state index contributed by atoms with van der Waals surface area (Å²) in [6.45, 7) is 1.61. The summed E-state index contributed by atoms with van der Waals surface area (Å²) in [6.07, 6.45) is -3.48. The first-order valence-corrected chi connectivity index (χ1v) is 7.01. The number of rotatable bonds is 4. The molecule has 2 amide bonds. The molecule has 0 aliphatic carbocycles. The van der Waals surface area contributed by atoms with Gasteiger partial charge in [0.25, 0.3) is 5.91 Å². The maximum atomic E-state index is 12.2. The van der Waals surface area contributed by atoms with E-state index in [0.717, 1.165) is 0 Å². The molecule has 1 aromatic carbocycles. The van der Waals surface area contributed by atoms with Gasteiger partial charge in [-0.15, -0.1) is 0 Å². The van der Waals surface area contributed by atoms with Crippen molar-refractivity contribution in [1.29, 1.82) is 0 Å². The number of hydrogen-bond donors (Lipinski definition) is 2. The van der Waals surface area contributed by atoms with Crippen LogP contribution in [0.15, 0.2) is 53.8 Å². The zero-order valence-electron chi connectivity index (χ0n) is 13.0. The Balaban J connectivity index is 2.01. The number of nitrogens with zero attached hydrogens (tertiary/aromatic N) is 2. The summed E-state index contributed by atoms with van der Waals surface area (Å²) in [5.74, 6) is -2.54. The quantitative estimate of drug-likeness (QED) is 0.657. The van der Waals surface area contributed by atoms with Crippen molar-refractivity contribution < 1.29 is 22.8 Å². The number of anilines is 1. The van der Waals surface area contributed by atoms with E-state index in [1.165, 1.54) is 36.5 Å². The Hall–Kier alpha value is -3.23. The highest BCUT2D eigenvalue weighted by Crippen LogP contribution is 2.18. The molecule has 0 aliphatic rings. The van der Waals surface area contributed by atoms with E-state index in [9.17, 15) is 22.8 Å². The monoisotopic (exact) mass is 350 g/mol. The first-order valence-electron chi connectivity index (χ1n) is 7.01. The lowest BCUT2D eigenvalue weighted by atomic mass is 10.1. The number of pyridine rings is 1. The molecular weight excluding hydrogens is 337 g/mol. The average Bonchev–Trinajstić information content (AvgIpc) is 2.60. The zero-order valence-corrected chi connectivity index (χ0v) is 13.0.